The summed E-state index contributed by atoms with van der Waals surface area (Å²) in [4.78, 5) is 37.5. The van der Waals surface area contributed by atoms with E-state index in [4.69, 9.17) is 11.6 Å². The number of piperidine rings is 1. The second-order valence-electron chi connectivity index (χ2n) is 7.17. The van der Waals surface area contributed by atoms with Crippen LogP contribution < -0.4 is 5.32 Å². The standard InChI is InChI=1S/C22H23ClN2O4S/c23-18-7-9-19(10-8-18)24-20(26)14-30-13-15-3-5-16(6-4-15)21(27)25-11-1-2-17(12-25)22(28)29/h3-10,17H,1-2,11-14H2,(H,24,26)(H,28,29). The summed E-state index contributed by atoms with van der Waals surface area (Å²) >= 11 is 7.31. The van der Waals surface area contributed by atoms with E-state index in [1.807, 2.05) is 12.1 Å². The van der Waals surface area contributed by atoms with Gasteiger partial charge in [-0.25, -0.2) is 0 Å². The van der Waals surface area contributed by atoms with Crippen LogP contribution in [0.2, 0.25) is 5.02 Å². The molecule has 30 heavy (non-hydrogen) atoms. The van der Waals surface area contributed by atoms with Crippen LogP contribution in [0.5, 0.6) is 0 Å². The van der Waals surface area contributed by atoms with Crippen LogP contribution in [0.4, 0.5) is 5.69 Å². The number of nitrogens with one attached hydrogen (secondary N) is 1. The molecule has 6 nitrogen and oxygen atoms in total. The van der Waals surface area contributed by atoms with Crippen LogP contribution in [0.15, 0.2) is 48.5 Å². The zero-order valence-electron chi connectivity index (χ0n) is 16.3. The number of hydrogen-bond donors (Lipinski definition) is 2. The smallest absolute Gasteiger partial charge is 0.308 e. The zero-order valence-corrected chi connectivity index (χ0v) is 17.9. The largest absolute Gasteiger partial charge is 0.481 e. The van der Waals surface area contributed by atoms with Crippen LogP contribution >= 0.6 is 23.4 Å². The van der Waals surface area contributed by atoms with E-state index >= 15 is 0 Å². The van der Waals surface area contributed by atoms with Crippen LogP contribution in [0.25, 0.3) is 0 Å². The molecule has 2 N–H and O–H groups in total. The highest BCUT2D eigenvalue weighted by Crippen LogP contribution is 2.20. The molecule has 0 aromatic heterocycles. The number of halogens is 1. The van der Waals surface area contributed by atoms with Crippen molar-refractivity contribution in [1.82, 2.24) is 4.90 Å². The molecule has 1 atom stereocenters. The van der Waals surface area contributed by atoms with Crippen molar-refractivity contribution in [2.24, 2.45) is 5.92 Å². The van der Waals surface area contributed by atoms with Crippen LogP contribution in [-0.2, 0) is 15.3 Å². The Morgan fingerprint density at radius 2 is 1.80 bits per heavy atom. The molecule has 1 aliphatic rings. The molecule has 0 radical (unpaired) electrons. The van der Waals surface area contributed by atoms with E-state index < -0.39 is 11.9 Å². The highest BCUT2D eigenvalue weighted by atomic mass is 35.5. The lowest BCUT2D eigenvalue weighted by atomic mass is 9.97. The lowest BCUT2D eigenvalue weighted by Gasteiger charge is -2.30. The van der Waals surface area contributed by atoms with Gasteiger partial charge < -0.3 is 15.3 Å². The third-order valence-corrected chi connectivity index (χ3v) is 6.14. The van der Waals surface area contributed by atoms with E-state index in [0.29, 0.717) is 47.2 Å². The van der Waals surface area contributed by atoms with E-state index in [0.717, 1.165) is 5.56 Å². The molecular formula is C22H23ClN2O4S. The number of amides is 2. The lowest BCUT2D eigenvalue weighted by molar-refractivity contribution is -0.143. The molecule has 0 saturated carbocycles. The van der Waals surface area contributed by atoms with Gasteiger partial charge >= 0.3 is 5.97 Å². The Hall–Kier alpha value is -2.51. The van der Waals surface area contributed by atoms with Gasteiger partial charge in [0, 0.05) is 35.1 Å². The Kier molecular flexibility index (Phi) is 7.76. The molecule has 0 bridgehead atoms. The molecule has 2 aromatic rings. The summed E-state index contributed by atoms with van der Waals surface area (Å²) in [7, 11) is 0. The lowest BCUT2D eigenvalue weighted by Crippen LogP contribution is -2.42. The highest BCUT2D eigenvalue weighted by Gasteiger charge is 2.28. The van der Waals surface area contributed by atoms with Crippen LogP contribution in [-0.4, -0.2) is 46.6 Å². The topological polar surface area (TPSA) is 86.7 Å². The van der Waals surface area contributed by atoms with E-state index in [1.165, 1.54) is 11.8 Å². The molecular weight excluding hydrogens is 424 g/mol. The molecule has 3 rings (SSSR count). The van der Waals surface area contributed by atoms with Crippen molar-refractivity contribution in [2.75, 3.05) is 24.2 Å². The van der Waals surface area contributed by atoms with Crippen molar-refractivity contribution >= 4 is 46.8 Å². The minimum absolute atomic E-state index is 0.0906. The molecule has 1 aliphatic heterocycles. The Bertz CT molecular complexity index is 902. The molecule has 0 spiro atoms. The van der Waals surface area contributed by atoms with Crippen molar-refractivity contribution < 1.29 is 19.5 Å². The molecule has 1 unspecified atom stereocenters. The Balaban J connectivity index is 1.46. The fourth-order valence-corrected chi connectivity index (χ4v) is 4.19. The van der Waals surface area contributed by atoms with E-state index in [-0.39, 0.29) is 18.4 Å². The van der Waals surface area contributed by atoms with Gasteiger partial charge in [0.15, 0.2) is 0 Å². The van der Waals surface area contributed by atoms with Crippen molar-refractivity contribution in [3.8, 4) is 0 Å². The minimum Gasteiger partial charge on any atom is -0.481 e. The summed E-state index contributed by atoms with van der Waals surface area (Å²) in [5.74, 6) is -0.604. The van der Waals surface area contributed by atoms with Crippen LogP contribution in [0.3, 0.4) is 0 Å². The quantitative estimate of drug-likeness (QED) is 0.667. The number of aliphatic carboxylic acids is 1. The molecule has 1 saturated heterocycles. The SMILES string of the molecule is O=C(CSCc1ccc(C(=O)N2CCCC(C(=O)O)C2)cc1)Nc1ccc(Cl)cc1. The Labute approximate surface area is 184 Å². The first-order valence-corrected chi connectivity index (χ1v) is 11.2. The van der Waals surface area contributed by atoms with Gasteiger partial charge in [-0.1, -0.05) is 23.7 Å². The average molecular weight is 447 g/mol. The number of carbonyl (C=O) groups excluding carboxylic acids is 2. The summed E-state index contributed by atoms with van der Waals surface area (Å²) in [6.45, 7) is 0.845. The summed E-state index contributed by atoms with van der Waals surface area (Å²) in [5, 5.41) is 12.6. The number of rotatable bonds is 7. The van der Waals surface area contributed by atoms with E-state index in [1.54, 1.807) is 41.3 Å². The number of thioether (sulfide) groups is 1. The molecule has 0 aliphatic carbocycles. The van der Waals surface area contributed by atoms with Gasteiger partial charge in [0.2, 0.25) is 5.91 Å². The van der Waals surface area contributed by atoms with Gasteiger partial charge in [0.1, 0.15) is 0 Å². The van der Waals surface area contributed by atoms with Gasteiger partial charge in [0.05, 0.1) is 11.7 Å². The van der Waals surface area contributed by atoms with Crippen LogP contribution in [0, 0.1) is 5.92 Å². The van der Waals surface area contributed by atoms with Gasteiger partial charge in [-0.3, -0.25) is 14.4 Å². The second-order valence-corrected chi connectivity index (χ2v) is 8.60. The number of likely N-dealkylation sites (tertiary alicyclic amines) is 1. The highest BCUT2D eigenvalue weighted by molar-refractivity contribution is 7.99. The number of benzene rings is 2. The number of carboxylic acids is 1. The number of anilines is 1. The maximum atomic E-state index is 12.6. The summed E-state index contributed by atoms with van der Waals surface area (Å²) < 4.78 is 0. The first-order valence-electron chi connectivity index (χ1n) is 9.66. The fraction of sp³-hybridized carbons (Fsp3) is 0.318. The maximum Gasteiger partial charge on any atom is 0.308 e. The third-order valence-electron chi connectivity index (χ3n) is 4.89. The van der Waals surface area contributed by atoms with Gasteiger partial charge in [-0.2, -0.15) is 0 Å². The number of nitrogens with zero attached hydrogens (tertiary/aromatic N) is 1. The predicted molar refractivity (Wildman–Crippen MR) is 119 cm³/mol. The molecule has 2 amide bonds. The molecule has 1 fully saturated rings. The van der Waals surface area contributed by atoms with Crippen molar-refractivity contribution in [3.05, 3.63) is 64.7 Å². The molecule has 158 valence electrons. The summed E-state index contributed by atoms with van der Waals surface area (Å²) in [6, 6.07) is 14.2. The van der Waals surface area contributed by atoms with Crippen molar-refractivity contribution in [1.29, 1.82) is 0 Å². The fourth-order valence-electron chi connectivity index (χ4n) is 3.28. The van der Waals surface area contributed by atoms with Crippen molar-refractivity contribution in [2.45, 2.75) is 18.6 Å². The Morgan fingerprint density at radius 1 is 1.10 bits per heavy atom. The minimum atomic E-state index is -0.847. The second kappa shape index (κ2) is 10.5. The van der Waals surface area contributed by atoms with Crippen LogP contribution in [0.1, 0.15) is 28.8 Å². The summed E-state index contributed by atoms with van der Waals surface area (Å²) in [6.07, 6.45) is 1.32. The van der Waals surface area contributed by atoms with E-state index in [9.17, 15) is 19.5 Å². The number of carboxylic acid groups (broad SMARTS) is 1. The van der Waals surface area contributed by atoms with Gasteiger partial charge in [-0.05, 0) is 54.8 Å². The number of carbonyl (C=O) groups is 3. The first-order chi connectivity index (χ1) is 14.4. The Morgan fingerprint density at radius 3 is 2.47 bits per heavy atom. The monoisotopic (exact) mass is 446 g/mol. The first kappa shape index (κ1) is 22.2. The van der Waals surface area contributed by atoms with Crippen molar-refractivity contribution in [3.63, 3.8) is 0 Å². The molecule has 2 aromatic carbocycles. The molecule has 1 heterocycles. The average Bonchev–Trinajstić information content (AvgIpc) is 2.75. The van der Waals surface area contributed by atoms with E-state index in [2.05, 4.69) is 5.32 Å². The maximum absolute atomic E-state index is 12.6. The molecule has 8 heteroatoms. The predicted octanol–water partition coefficient (Wildman–Crippen LogP) is 4.15. The summed E-state index contributed by atoms with van der Waals surface area (Å²) in [5.41, 5.74) is 2.27. The number of hydrogen-bond acceptors (Lipinski definition) is 4. The zero-order chi connectivity index (χ0) is 21.5. The third kappa shape index (κ3) is 6.24. The normalized spacial score (nSPS) is 16.2. The van der Waals surface area contributed by atoms with Gasteiger partial charge in [0.25, 0.3) is 5.91 Å². The van der Waals surface area contributed by atoms with Gasteiger partial charge in [-0.15, -0.1) is 11.8 Å².